The molecular formula is C30H26ClN3O6S. The zero-order chi connectivity index (χ0) is 29.4. The molecule has 0 N–H and O–H groups in total. The molecule has 5 rings (SSSR count). The highest BCUT2D eigenvalue weighted by atomic mass is 35.5. The quantitative estimate of drug-likeness (QED) is 0.154. The molecule has 0 aliphatic carbocycles. The number of halogens is 1. The molecule has 1 atom stereocenters. The SMILES string of the molecule is CCOC(=O)C1=C(C)N=c2s/c(=C\c3ccc(-c4cc([N+](=O)[O-])ccc4Cl)o3)c(=O)n2[C@H]1c1ccc(C(C)C)cc1. The van der Waals surface area contributed by atoms with Gasteiger partial charge in [-0.05, 0) is 49.1 Å². The monoisotopic (exact) mass is 591 g/mol. The van der Waals surface area contributed by atoms with Crippen molar-refractivity contribution in [2.45, 2.75) is 39.7 Å². The maximum atomic E-state index is 13.8. The molecule has 210 valence electrons. The first kappa shape index (κ1) is 28.3. The summed E-state index contributed by atoms with van der Waals surface area (Å²) in [4.78, 5) is 42.7. The van der Waals surface area contributed by atoms with Crippen LogP contribution in [0.1, 0.15) is 56.5 Å². The first-order chi connectivity index (χ1) is 19.6. The van der Waals surface area contributed by atoms with Crippen molar-refractivity contribution >= 4 is 40.7 Å². The van der Waals surface area contributed by atoms with E-state index in [1.54, 1.807) is 32.1 Å². The fourth-order valence-corrected chi connectivity index (χ4v) is 5.93. The summed E-state index contributed by atoms with van der Waals surface area (Å²) in [5.74, 6) is 0.474. The molecule has 3 heterocycles. The van der Waals surface area contributed by atoms with Gasteiger partial charge in [0.05, 0.1) is 38.4 Å². The highest BCUT2D eigenvalue weighted by Crippen LogP contribution is 2.33. The number of ether oxygens (including phenoxy) is 1. The zero-order valence-electron chi connectivity index (χ0n) is 22.7. The van der Waals surface area contributed by atoms with Crippen molar-refractivity contribution in [3.8, 4) is 11.3 Å². The number of nitrogens with zero attached hydrogens (tertiary/aromatic N) is 3. The average Bonchev–Trinajstić information content (AvgIpc) is 3.52. The lowest BCUT2D eigenvalue weighted by molar-refractivity contribution is -0.384. The predicted molar refractivity (Wildman–Crippen MR) is 157 cm³/mol. The van der Waals surface area contributed by atoms with Crippen LogP contribution in [0.5, 0.6) is 0 Å². The smallest absolute Gasteiger partial charge is 0.338 e. The van der Waals surface area contributed by atoms with E-state index in [-0.39, 0.29) is 17.9 Å². The van der Waals surface area contributed by atoms with Gasteiger partial charge in [0.25, 0.3) is 11.2 Å². The molecule has 4 aromatic rings. The van der Waals surface area contributed by atoms with E-state index in [9.17, 15) is 19.7 Å². The number of thiazole rings is 1. The van der Waals surface area contributed by atoms with Gasteiger partial charge in [0.2, 0.25) is 0 Å². The number of allylic oxidation sites excluding steroid dienone is 1. The number of aromatic nitrogens is 1. The number of esters is 1. The number of hydrogen-bond donors (Lipinski definition) is 0. The van der Waals surface area contributed by atoms with Crippen LogP contribution in [0.25, 0.3) is 17.4 Å². The van der Waals surface area contributed by atoms with E-state index in [1.165, 1.54) is 34.1 Å². The first-order valence-corrected chi connectivity index (χ1v) is 14.1. The number of furan rings is 1. The van der Waals surface area contributed by atoms with Gasteiger partial charge in [-0.2, -0.15) is 0 Å². The van der Waals surface area contributed by atoms with Gasteiger partial charge in [0.15, 0.2) is 4.80 Å². The van der Waals surface area contributed by atoms with Gasteiger partial charge >= 0.3 is 5.97 Å². The minimum atomic E-state index is -0.718. The van der Waals surface area contributed by atoms with Gasteiger partial charge < -0.3 is 9.15 Å². The van der Waals surface area contributed by atoms with Gasteiger partial charge in [-0.15, -0.1) is 0 Å². The van der Waals surface area contributed by atoms with Crippen LogP contribution in [-0.4, -0.2) is 22.1 Å². The Morgan fingerprint density at radius 2 is 1.95 bits per heavy atom. The lowest BCUT2D eigenvalue weighted by Gasteiger charge is -2.25. The molecule has 0 amide bonds. The third-order valence-electron chi connectivity index (χ3n) is 6.76. The van der Waals surface area contributed by atoms with Crippen LogP contribution >= 0.6 is 22.9 Å². The third-order valence-corrected chi connectivity index (χ3v) is 8.07. The normalized spacial score (nSPS) is 15.2. The van der Waals surface area contributed by atoms with Crippen molar-refractivity contribution in [2.75, 3.05) is 6.61 Å². The fraction of sp³-hybridized carbons (Fsp3) is 0.233. The summed E-state index contributed by atoms with van der Waals surface area (Å²) in [5, 5.41) is 11.5. The maximum Gasteiger partial charge on any atom is 0.338 e. The van der Waals surface area contributed by atoms with Crippen LogP contribution in [0.15, 0.2) is 80.1 Å². The number of fused-ring (bicyclic) bond motifs is 1. The molecule has 0 bridgehead atoms. The molecule has 2 aromatic carbocycles. The van der Waals surface area contributed by atoms with E-state index in [4.69, 9.17) is 20.8 Å². The third kappa shape index (κ3) is 5.40. The molecule has 0 saturated carbocycles. The number of rotatable bonds is 7. The van der Waals surface area contributed by atoms with Crippen molar-refractivity contribution in [3.05, 3.63) is 118 Å². The van der Waals surface area contributed by atoms with E-state index in [2.05, 4.69) is 18.8 Å². The lowest BCUT2D eigenvalue weighted by Crippen LogP contribution is -2.39. The van der Waals surface area contributed by atoms with E-state index in [1.807, 2.05) is 24.3 Å². The summed E-state index contributed by atoms with van der Waals surface area (Å²) in [7, 11) is 0. The summed E-state index contributed by atoms with van der Waals surface area (Å²) in [5.41, 5.74) is 2.59. The highest BCUT2D eigenvalue weighted by molar-refractivity contribution is 7.07. The van der Waals surface area contributed by atoms with Crippen LogP contribution in [-0.2, 0) is 9.53 Å². The number of benzene rings is 2. The molecule has 1 aliphatic rings. The molecule has 0 fully saturated rings. The van der Waals surface area contributed by atoms with E-state index >= 15 is 0 Å². The molecular weight excluding hydrogens is 566 g/mol. The Bertz CT molecular complexity index is 1880. The number of non-ortho nitro benzene ring substituents is 1. The molecule has 11 heteroatoms. The summed E-state index contributed by atoms with van der Waals surface area (Å²) in [6.45, 7) is 7.85. The maximum absolute atomic E-state index is 13.8. The van der Waals surface area contributed by atoms with Gasteiger partial charge in [0.1, 0.15) is 11.5 Å². The standard InChI is InChI=1S/C30H26ClN3O6S/c1-5-39-29(36)26-17(4)32-30-33(27(26)19-8-6-18(7-9-19)16(2)3)28(35)25(41-30)15-21-11-13-24(40-21)22-14-20(34(37)38)10-12-23(22)31/h6-16,27H,5H2,1-4H3/b25-15-/t27-/m0/s1. The summed E-state index contributed by atoms with van der Waals surface area (Å²) in [6.07, 6.45) is 1.58. The molecule has 0 spiro atoms. The zero-order valence-corrected chi connectivity index (χ0v) is 24.3. The minimum Gasteiger partial charge on any atom is -0.463 e. The predicted octanol–water partition coefficient (Wildman–Crippen LogP) is 5.74. The Morgan fingerprint density at radius 3 is 2.61 bits per heavy atom. The molecule has 0 unspecified atom stereocenters. The van der Waals surface area contributed by atoms with Crippen LogP contribution in [0.3, 0.4) is 0 Å². The molecule has 9 nitrogen and oxygen atoms in total. The van der Waals surface area contributed by atoms with Crippen molar-refractivity contribution in [3.63, 3.8) is 0 Å². The number of hydrogen-bond acceptors (Lipinski definition) is 8. The van der Waals surface area contributed by atoms with E-state index < -0.39 is 16.9 Å². The average molecular weight is 592 g/mol. The topological polar surface area (TPSA) is 117 Å². The summed E-state index contributed by atoms with van der Waals surface area (Å²) < 4.78 is 13.1. The van der Waals surface area contributed by atoms with Crippen molar-refractivity contribution in [2.24, 2.45) is 4.99 Å². The second-order valence-corrected chi connectivity index (χ2v) is 11.2. The minimum absolute atomic E-state index is 0.120. The Kier molecular flexibility index (Phi) is 7.79. The number of carbonyl (C=O) groups is 1. The molecule has 2 aromatic heterocycles. The Morgan fingerprint density at radius 1 is 1.22 bits per heavy atom. The number of nitro benzene ring substituents is 1. The van der Waals surface area contributed by atoms with Gasteiger partial charge in [-0.3, -0.25) is 19.5 Å². The van der Waals surface area contributed by atoms with Crippen LogP contribution < -0.4 is 14.9 Å². The molecule has 1 aliphatic heterocycles. The Balaban J connectivity index is 1.62. The van der Waals surface area contributed by atoms with Crippen molar-refractivity contribution in [1.82, 2.24) is 4.57 Å². The van der Waals surface area contributed by atoms with Crippen LogP contribution in [0, 0.1) is 10.1 Å². The molecule has 41 heavy (non-hydrogen) atoms. The van der Waals surface area contributed by atoms with E-state index in [0.717, 1.165) is 11.1 Å². The van der Waals surface area contributed by atoms with Gasteiger partial charge in [-0.1, -0.05) is 61.1 Å². The van der Waals surface area contributed by atoms with Crippen molar-refractivity contribution < 1.29 is 18.9 Å². The second-order valence-electron chi connectivity index (χ2n) is 9.75. The largest absolute Gasteiger partial charge is 0.463 e. The molecule has 0 radical (unpaired) electrons. The van der Waals surface area contributed by atoms with Crippen LogP contribution in [0.2, 0.25) is 5.02 Å². The Labute approximate surface area is 243 Å². The van der Waals surface area contributed by atoms with Crippen molar-refractivity contribution in [1.29, 1.82) is 0 Å². The lowest BCUT2D eigenvalue weighted by atomic mass is 9.93. The van der Waals surface area contributed by atoms with E-state index in [0.29, 0.717) is 48.6 Å². The summed E-state index contributed by atoms with van der Waals surface area (Å²) >= 11 is 7.45. The second kappa shape index (κ2) is 11.3. The van der Waals surface area contributed by atoms with Gasteiger partial charge in [-0.25, -0.2) is 9.79 Å². The highest BCUT2D eigenvalue weighted by Gasteiger charge is 2.33. The number of carbonyl (C=O) groups excluding carboxylic acids is 1. The molecule has 0 saturated heterocycles. The first-order valence-electron chi connectivity index (χ1n) is 12.9. The van der Waals surface area contributed by atoms with Crippen LogP contribution in [0.4, 0.5) is 5.69 Å². The van der Waals surface area contributed by atoms with Gasteiger partial charge in [0, 0.05) is 23.8 Å². The Hall–Kier alpha value is -4.28. The fourth-order valence-electron chi connectivity index (χ4n) is 4.69. The number of nitro groups is 1. The summed E-state index contributed by atoms with van der Waals surface area (Å²) in [6, 6.07) is 14.5.